The van der Waals surface area contributed by atoms with E-state index >= 15 is 0 Å². The van der Waals surface area contributed by atoms with E-state index < -0.39 is 0 Å². The fraction of sp³-hybridized carbons (Fsp3) is 0.214. The molecule has 0 saturated heterocycles. The topological polar surface area (TPSA) is 26.3 Å². The summed E-state index contributed by atoms with van der Waals surface area (Å²) < 4.78 is 18.1. The molecule has 0 aliphatic rings. The Morgan fingerprint density at radius 2 is 2.17 bits per heavy atom. The largest absolute Gasteiger partial charge is 0.495 e. The second-order valence-corrected chi connectivity index (χ2v) is 4.90. The maximum atomic E-state index is 13.0. The molecule has 18 heavy (non-hydrogen) atoms. The Kier molecular flexibility index (Phi) is 3.77. The summed E-state index contributed by atoms with van der Waals surface area (Å²) in [7, 11) is 1.54. The van der Waals surface area contributed by atoms with Gasteiger partial charge < -0.3 is 4.74 Å². The maximum absolute atomic E-state index is 13.0. The van der Waals surface area contributed by atoms with E-state index in [1.807, 2.05) is 5.38 Å². The van der Waals surface area contributed by atoms with Gasteiger partial charge in [-0.3, -0.25) is 4.79 Å². The Morgan fingerprint density at radius 3 is 2.83 bits per heavy atom. The number of aryl methyl sites for hydroxylation is 1. The molecule has 94 valence electrons. The highest BCUT2D eigenvalue weighted by Crippen LogP contribution is 2.26. The molecule has 1 aromatic heterocycles. The third kappa shape index (κ3) is 2.59. The van der Waals surface area contributed by atoms with Crippen molar-refractivity contribution in [2.45, 2.75) is 13.3 Å². The molecule has 1 heterocycles. The molecule has 0 unspecified atom stereocenters. The zero-order valence-electron chi connectivity index (χ0n) is 10.2. The number of methoxy groups -OCH3 is 1. The van der Waals surface area contributed by atoms with E-state index in [2.05, 4.69) is 0 Å². The third-order valence-electron chi connectivity index (χ3n) is 2.76. The molecule has 1 aromatic carbocycles. The van der Waals surface area contributed by atoms with Gasteiger partial charge in [0.2, 0.25) is 0 Å². The number of hydrogen-bond donors (Lipinski definition) is 0. The third-order valence-corrected chi connectivity index (χ3v) is 3.69. The summed E-state index contributed by atoms with van der Waals surface area (Å²) in [5.74, 6) is 0.318. The van der Waals surface area contributed by atoms with E-state index in [9.17, 15) is 9.18 Å². The number of hydrogen-bond acceptors (Lipinski definition) is 3. The van der Waals surface area contributed by atoms with Crippen LogP contribution >= 0.6 is 11.3 Å². The molecule has 0 bridgehead atoms. The molecule has 0 aliphatic carbocycles. The molecule has 0 fully saturated rings. The van der Waals surface area contributed by atoms with Gasteiger partial charge in [-0.2, -0.15) is 0 Å². The van der Waals surface area contributed by atoms with E-state index in [0.29, 0.717) is 10.6 Å². The SMILES string of the molecule is COc1ccsc1C(=O)Cc1ccc(F)cc1C. The van der Waals surface area contributed by atoms with E-state index in [-0.39, 0.29) is 18.0 Å². The minimum Gasteiger partial charge on any atom is -0.495 e. The van der Waals surface area contributed by atoms with Gasteiger partial charge in [0, 0.05) is 6.42 Å². The number of ketones is 1. The molecule has 0 atom stereocenters. The monoisotopic (exact) mass is 264 g/mol. The summed E-state index contributed by atoms with van der Waals surface area (Å²) >= 11 is 1.36. The molecule has 2 nitrogen and oxygen atoms in total. The van der Waals surface area contributed by atoms with E-state index in [1.54, 1.807) is 26.2 Å². The van der Waals surface area contributed by atoms with E-state index in [0.717, 1.165) is 11.1 Å². The van der Waals surface area contributed by atoms with Crippen molar-refractivity contribution in [1.82, 2.24) is 0 Å². The Bertz CT molecular complexity index is 575. The number of rotatable bonds is 4. The smallest absolute Gasteiger partial charge is 0.180 e. The van der Waals surface area contributed by atoms with Gasteiger partial charge in [-0.1, -0.05) is 6.07 Å². The average Bonchev–Trinajstić information content (AvgIpc) is 2.81. The molecule has 0 radical (unpaired) electrons. The predicted octanol–water partition coefficient (Wildman–Crippen LogP) is 3.63. The summed E-state index contributed by atoms with van der Waals surface area (Å²) in [6, 6.07) is 6.24. The minimum absolute atomic E-state index is 0.00319. The van der Waals surface area contributed by atoms with E-state index in [4.69, 9.17) is 4.74 Å². The van der Waals surface area contributed by atoms with Crippen LogP contribution in [0.15, 0.2) is 29.6 Å². The minimum atomic E-state index is -0.280. The van der Waals surface area contributed by atoms with Crippen molar-refractivity contribution in [3.8, 4) is 5.75 Å². The maximum Gasteiger partial charge on any atom is 0.180 e. The lowest BCUT2D eigenvalue weighted by Crippen LogP contribution is -2.04. The second-order valence-electron chi connectivity index (χ2n) is 3.99. The van der Waals surface area contributed by atoms with Gasteiger partial charge in [0.15, 0.2) is 5.78 Å². The highest BCUT2D eigenvalue weighted by molar-refractivity contribution is 7.12. The molecule has 0 spiro atoms. The number of thiophene rings is 1. The van der Waals surface area contributed by atoms with Gasteiger partial charge in [-0.15, -0.1) is 11.3 Å². The fourth-order valence-electron chi connectivity index (χ4n) is 1.77. The van der Waals surface area contributed by atoms with Gasteiger partial charge >= 0.3 is 0 Å². The van der Waals surface area contributed by atoms with E-state index in [1.165, 1.54) is 23.5 Å². The van der Waals surface area contributed by atoms with Crippen molar-refractivity contribution in [1.29, 1.82) is 0 Å². The van der Waals surface area contributed by atoms with Crippen LogP contribution in [0.25, 0.3) is 0 Å². The van der Waals surface area contributed by atoms with Crippen LogP contribution in [-0.2, 0) is 6.42 Å². The first kappa shape index (κ1) is 12.8. The molecular weight excluding hydrogens is 251 g/mol. The second kappa shape index (κ2) is 5.31. The molecule has 2 rings (SSSR count). The number of Topliss-reactive ketones (excluding diaryl/α,β-unsaturated/α-hetero) is 1. The Morgan fingerprint density at radius 1 is 1.39 bits per heavy atom. The Balaban J connectivity index is 2.21. The average molecular weight is 264 g/mol. The number of ether oxygens (including phenoxy) is 1. The molecule has 0 saturated carbocycles. The molecular formula is C14H13FO2S. The lowest BCUT2D eigenvalue weighted by atomic mass is 10.0. The van der Waals surface area contributed by atoms with Crippen LogP contribution in [0.4, 0.5) is 4.39 Å². The van der Waals surface area contributed by atoms with Crippen molar-refractivity contribution in [3.05, 3.63) is 51.5 Å². The zero-order chi connectivity index (χ0) is 13.1. The number of carbonyl (C=O) groups excluding carboxylic acids is 1. The van der Waals surface area contributed by atoms with Gasteiger partial charge in [-0.25, -0.2) is 4.39 Å². The van der Waals surface area contributed by atoms with Crippen LogP contribution in [0.2, 0.25) is 0 Å². The predicted molar refractivity (Wildman–Crippen MR) is 70.0 cm³/mol. The van der Waals surface area contributed by atoms with Gasteiger partial charge in [0.25, 0.3) is 0 Å². The van der Waals surface area contributed by atoms with Crippen LogP contribution in [0.5, 0.6) is 5.75 Å². The van der Waals surface area contributed by atoms with Crippen molar-refractivity contribution < 1.29 is 13.9 Å². The molecule has 0 N–H and O–H groups in total. The van der Waals surface area contributed by atoms with Crippen LogP contribution in [-0.4, -0.2) is 12.9 Å². The van der Waals surface area contributed by atoms with Crippen LogP contribution in [0.1, 0.15) is 20.8 Å². The Labute approximate surface area is 109 Å². The lowest BCUT2D eigenvalue weighted by molar-refractivity contribution is 0.0994. The zero-order valence-corrected chi connectivity index (χ0v) is 11.0. The lowest BCUT2D eigenvalue weighted by Gasteiger charge is -2.05. The Hall–Kier alpha value is -1.68. The molecule has 0 aliphatic heterocycles. The van der Waals surface area contributed by atoms with Crippen LogP contribution in [0.3, 0.4) is 0 Å². The quantitative estimate of drug-likeness (QED) is 0.788. The van der Waals surface area contributed by atoms with Crippen molar-refractivity contribution >= 4 is 17.1 Å². The highest BCUT2D eigenvalue weighted by atomic mass is 32.1. The van der Waals surface area contributed by atoms with Gasteiger partial charge in [0.05, 0.1) is 7.11 Å². The van der Waals surface area contributed by atoms with Gasteiger partial charge in [-0.05, 0) is 41.6 Å². The summed E-state index contributed by atoms with van der Waals surface area (Å²) in [5, 5.41) is 1.82. The molecule has 2 aromatic rings. The molecule has 4 heteroatoms. The number of benzene rings is 1. The fourth-order valence-corrected chi connectivity index (χ4v) is 2.57. The summed E-state index contributed by atoms with van der Waals surface area (Å²) in [5.41, 5.74) is 1.63. The summed E-state index contributed by atoms with van der Waals surface area (Å²) in [4.78, 5) is 12.7. The number of halogens is 1. The summed E-state index contributed by atoms with van der Waals surface area (Å²) in [6.07, 6.45) is 0.267. The number of carbonyl (C=O) groups is 1. The van der Waals surface area contributed by atoms with Crippen LogP contribution in [0, 0.1) is 12.7 Å². The first-order valence-electron chi connectivity index (χ1n) is 5.51. The molecule has 0 amide bonds. The van der Waals surface area contributed by atoms with Crippen molar-refractivity contribution in [3.63, 3.8) is 0 Å². The first-order chi connectivity index (χ1) is 8.61. The summed E-state index contributed by atoms with van der Waals surface area (Å²) in [6.45, 7) is 1.80. The van der Waals surface area contributed by atoms with Crippen molar-refractivity contribution in [2.24, 2.45) is 0 Å². The van der Waals surface area contributed by atoms with Crippen molar-refractivity contribution in [2.75, 3.05) is 7.11 Å². The first-order valence-corrected chi connectivity index (χ1v) is 6.39. The normalized spacial score (nSPS) is 10.4. The van der Waals surface area contributed by atoms with Crippen LogP contribution < -0.4 is 4.74 Å². The standard InChI is InChI=1S/C14H13FO2S/c1-9-7-11(15)4-3-10(9)8-12(16)14-13(17-2)5-6-18-14/h3-7H,8H2,1-2H3. The van der Waals surface area contributed by atoms with Gasteiger partial charge in [0.1, 0.15) is 16.4 Å². The highest BCUT2D eigenvalue weighted by Gasteiger charge is 2.15.